The van der Waals surface area contributed by atoms with Gasteiger partial charge in [-0.25, -0.2) is 4.98 Å². The Hall–Kier alpha value is -1.00. The molecule has 1 aromatic heterocycles. The molecule has 1 aliphatic carbocycles. The van der Waals surface area contributed by atoms with Crippen LogP contribution in [0.5, 0.6) is 0 Å². The molecule has 0 bridgehead atoms. The number of nitrogens with zero attached hydrogens (tertiary/aromatic N) is 1. The highest BCUT2D eigenvalue weighted by Crippen LogP contribution is 2.40. The fourth-order valence-electron chi connectivity index (χ4n) is 2.65. The summed E-state index contributed by atoms with van der Waals surface area (Å²) >= 11 is 3.71. The summed E-state index contributed by atoms with van der Waals surface area (Å²) < 4.78 is 0. The summed E-state index contributed by atoms with van der Waals surface area (Å²) in [6, 6.07) is 0. The van der Waals surface area contributed by atoms with Crippen LogP contribution in [0.3, 0.4) is 0 Å². The van der Waals surface area contributed by atoms with Crippen molar-refractivity contribution in [2.45, 2.75) is 37.4 Å². The molecule has 0 saturated heterocycles. The summed E-state index contributed by atoms with van der Waals surface area (Å²) in [5.74, 6) is 1.12. The van der Waals surface area contributed by atoms with Crippen molar-refractivity contribution < 1.29 is 0 Å². The molecule has 0 saturated carbocycles. The summed E-state index contributed by atoms with van der Waals surface area (Å²) in [7, 11) is 0. The van der Waals surface area contributed by atoms with Crippen molar-refractivity contribution in [3.63, 3.8) is 0 Å². The largest absolute Gasteiger partial charge is 0.399 e. The Morgan fingerprint density at radius 3 is 3.05 bits per heavy atom. The van der Waals surface area contributed by atoms with E-state index in [1.54, 1.807) is 0 Å². The van der Waals surface area contributed by atoms with Crippen molar-refractivity contribution in [1.29, 1.82) is 0 Å². The van der Waals surface area contributed by atoms with Crippen LogP contribution in [-0.2, 0) is 0 Å². The van der Waals surface area contributed by atoms with Gasteiger partial charge >= 0.3 is 0 Å². The Labute approximate surface area is 128 Å². The molecule has 0 radical (unpaired) electrons. The summed E-state index contributed by atoms with van der Waals surface area (Å²) in [4.78, 5) is 4.87. The Balaban J connectivity index is 1.60. The third-order valence-electron chi connectivity index (χ3n) is 3.88. The van der Waals surface area contributed by atoms with E-state index in [9.17, 15) is 0 Å². The van der Waals surface area contributed by atoms with Crippen LogP contribution in [-0.4, -0.2) is 4.98 Å². The lowest BCUT2D eigenvalue weighted by Crippen LogP contribution is -2.08. The molecule has 2 heterocycles. The molecule has 0 fully saturated rings. The monoisotopic (exact) mass is 304 g/mol. The Kier molecular flexibility index (Phi) is 4.32. The molecule has 0 aromatic carbocycles. The first-order chi connectivity index (χ1) is 9.72. The zero-order valence-electron chi connectivity index (χ0n) is 11.7. The molecule has 3 rings (SSSR count). The zero-order chi connectivity index (χ0) is 13.9. The second kappa shape index (κ2) is 6.19. The fourth-order valence-corrected chi connectivity index (χ4v) is 4.72. The van der Waals surface area contributed by atoms with E-state index in [4.69, 9.17) is 10.7 Å². The number of allylic oxidation sites excluding steroid dienone is 4. The normalized spacial score (nSPS) is 26.8. The van der Waals surface area contributed by atoms with Crippen LogP contribution in [0.15, 0.2) is 40.8 Å². The lowest BCUT2D eigenvalue weighted by Gasteiger charge is -2.18. The van der Waals surface area contributed by atoms with Gasteiger partial charge in [-0.2, -0.15) is 0 Å². The number of nitrogens with two attached hydrogens (primary N) is 1. The number of thioether (sulfide) groups is 1. The topological polar surface area (TPSA) is 38.9 Å². The predicted octanol–water partition coefficient (Wildman–Crippen LogP) is 4.75. The molecule has 2 N–H and O–H groups in total. The molecule has 3 atom stereocenters. The third kappa shape index (κ3) is 3.18. The van der Waals surface area contributed by atoms with Crippen LogP contribution < -0.4 is 5.73 Å². The van der Waals surface area contributed by atoms with E-state index in [2.05, 4.69) is 35.9 Å². The Morgan fingerprint density at radius 2 is 2.35 bits per heavy atom. The zero-order valence-corrected chi connectivity index (χ0v) is 13.3. The first-order valence-electron chi connectivity index (χ1n) is 7.12. The van der Waals surface area contributed by atoms with Gasteiger partial charge in [0, 0.05) is 11.1 Å². The number of aromatic nitrogens is 1. The lowest BCUT2D eigenvalue weighted by atomic mass is 9.89. The second-order valence-electron chi connectivity index (χ2n) is 5.54. The number of thiazole rings is 1. The minimum absolute atomic E-state index is 0.515. The average Bonchev–Trinajstić information content (AvgIpc) is 3.11. The van der Waals surface area contributed by atoms with Crippen molar-refractivity contribution >= 4 is 23.1 Å². The quantitative estimate of drug-likeness (QED) is 0.872. The van der Waals surface area contributed by atoms with Crippen LogP contribution in [0.2, 0.25) is 0 Å². The molecule has 0 amide bonds. The molecule has 4 heteroatoms. The molecule has 0 spiro atoms. The molecule has 20 heavy (non-hydrogen) atoms. The van der Waals surface area contributed by atoms with E-state index in [0.29, 0.717) is 17.1 Å². The molecule has 1 aliphatic heterocycles. The maximum atomic E-state index is 5.77. The van der Waals surface area contributed by atoms with Gasteiger partial charge in [0.15, 0.2) is 0 Å². The highest BCUT2D eigenvalue weighted by molar-refractivity contribution is 8.02. The summed E-state index contributed by atoms with van der Waals surface area (Å²) in [5, 5.41) is 6.28. The van der Waals surface area contributed by atoms with Crippen molar-refractivity contribution in [2.75, 3.05) is 0 Å². The van der Waals surface area contributed by atoms with Crippen molar-refractivity contribution in [2.24, 2.45) is 11.7 Å². The number of hydrogen-bond acceptors (Lipinski definition) is 4. The van der Waals surface area contributed by atoms with Gasteiger partial charge in [0.2, 0.25) is 0 Å². The van der Waals surface area contributed by atoms with Gasteiger partial charge in [0.1, 0.15) is 5.01 Å². The minimum Gasteiger partial charge on any atom is -0.399 e. The van der Waals surface area contributed by atoms with E-state index >= 15 is 0 Å². The van der Waals surface area contributed by atoms with E-state index in [1.165, 1.54) is 10.7 Å². The highest BCUT2D eigenvalue weighted by atomic mass is 32.2. The fraction of sp³-hybridized carbons (Fsp3) is 0.438. The van der Waals surface area contributed by atoms with E-state index in [-0.39, 0.29) is 0 Å². The van der Waals surface area contributed by atoms with Gasteiger partial charge < -0.3 is 5.73 Å². The van der Waals surface area contributed by atoms with Crippen LogP contribution in [0.25, 0.3) is 0 Å². The maximum Gasteiger partial charge on any atom is 0.107 e. The maximum absolute atomic E-state index is 5.77. The third-order valence-corrected chi connectivity index (χ3v) is 6.10. The lowest BCUT2D eigenvalue weighted by molar-refractivity contribution is 0.523. The molecule has 2 unspecified atom stereocenters. The van der Waals surface area contributed by atoms with Gasteiger partial charge in [-0.3, -0.25) is 0 Å². The summed E-state index contributed by atoms with van der Waals surface area (Å²) in [6.45, 7) is 2.29. The summed E-state index contributed by atoms with van der Waals surface area (Å²) in [6.07, 6.45) is 12.0. The van der Waals surface area contributed by atoms with Gasteiger partial charge in [0.05, 0.1) is 10.9 Å². The Morgan fingerprint density at radius 1 is 1.45 bits per heavy atom. The standard InChI is InChI=1S/C16H20N2S2/c1-11(9-12-4-6-13(17)7-5-12)14-10-20-16(18-14)15-3-2-8-19-15/h2,4,6-8,10-12,15H,3,5,9,17H2,1H3/t11-,12?,15?/m0/s1. The van der Waals surface area contributed by atoms with E-state index in [0.717, 1.165) is 25.0 Å². The molecular weight excluding hydrogens is 284 g/mol. The SMILES string of the molecule is C[C@@H](CC1C=CC(N)=CC1)c1csc(C2CC=CS2)n1. The molecule has 2 nitrogen and oxygen atoms in total. The van der Waals surface area contributed by atoms with E-state index < -0.39 is 0 Å². The van der Waals surface area contributed by atoms with Gasteiger partial charge in [-0.05, 0) is 42.6 Å². The minimum atomic E-state index is 0.515. The second-order valence-corrected chi connectivity index (χ2v) is 7.54. The summed E-state index contributed by atoms with van der Waals surface area (Å²) in [5.41, 5.74) is 7.92. The number of rotatable bonds is 4. The van der Waals surface area contributed by atoms with Crippen LogP contribution in [0.4, 0.5) is 0 Å². The highest BCUT2D eigenvalue weighted by Gasteiger charge is 2.20. The van der Waals surface area contributed by atoms with Crippen molar-refractivity contribution in [3.05, 3.63) is 51.5 Å². The smallest absolute Gasteiger partial charge is 0.107 e. The molecule has 1 aromatic rings. The van der Waals surface area contributed by atoms with Gasteiger partial charge in [-0.15, -0.1) is 23.1 Å². The van der Waals surface area contributed by atoms with Crippen LogP contribution in [0.1, 0.15) is 48.1 Å². The number of hydrogen-bond donors (Lipinski definition) is 1. The Bertz CT molecular complexity index is 549. The van der Waals surface area contributed by atoms with Crippen molar-refractivity contribution in [1.82, 2.24) is 4.98 Å². The predicted molar refractivity (Wildman–Crippen MR) is 88.8 cm³/mol. The molecule has 106 valence electrons. The first kappa shape index (κ1) is 14.0. The van der Waals surface area contributed by atoms with Crippen molar-refractivity contribution in [3.8, 4) is 0 Å². The van der Waals surface area contributed by atoms with Gasteiger partial charge in [-0.1, -0.05) is 25.2 Å². The van der Waals surface area contributed by atoms with Gasteiger partial charge in [0.25, 0.3) is 0 Å². The van der Waals surface area contributed by atoms with Crippen LogP contribution in [0, 0.1) is 5.92 Å². The molecule has 2 aliphatic rings. The first-order valence-corrected chi connectivity index (χ1v) is 8.94. The average molecular weight is 304 g/mol. The van der Waals surface area contributed by atoms with E-state index in [1.807, 2.05) is 29.2 Å². The molecular formula is C16H20N2S2. The van der Waals surface area contributed by atoms with Crippen LogP contribution >= 0.6 is 23.1 Å².